The monoisotopic (exact) mass is 506 g/mol. The number of hydrogen-bond acceptors (Lipinski definition) is 4. The van der Waals surface area contributed by atoms with Gasteiger partial charge < -0.3 is 10.1 Å². The highest BCUT2D eigenvalue weighted by Crippen LogP contribution is 2.31. The number of nitrogens with one attached hydrogen (secondary N) is 1. The average molecular weight is 507 g/mol. The lowest BCUT2D eigenvalue weighted by molar-refractivity contribution is -0.854. The number of aliphatic carboxylic acids is 1. The molecule has 2 aromatic carbocycles. The number of hydrogen-bond donors (Lipinski definition) is 2. The van der Waals surface area contributed by atoms with Crippen LogP contribution in [0.4, 0.5) is 4.39 Å². The van der Waals surface area contributed by atoms with E-state index in [0.717, 1.165) is 52.8 Å². The molecule has 2 N–H and O–H groups in total. The van der Waals surface area contributed by atoms with Crippen molar-refractivity contribution in [3.8, 4) is 11.1 Å². The third-order valence-corrected chi connectivity index (χ3v) is 7.92. The number of nitrogens with zero attached hydrogens (tertiary/aromatic N) is 2. The second-order valence-electron chi connectivity index (χ2n) is 9.52. The van der Waals surface area contributed by atoms with Crippen LogP contribution in [-0.2, 0) is 11.3 Å². The van der Waals surface area contributed by atoms with Gasteiger partial charge in [0.2, 0.25) is 0 Å². The summed E-state index contributed by atoms with van der Waals surface area (Å²) >= 11 is 1.54. The number of fused-ring (bicyclic) bond motifs is 1. The van der Waals surface area contributed by atoms with Crippen molar-refractivity contribution in [2.45, 2.75) is 19.4 Å². The molecular weight excluding hydrogens is 477 g/mol. The number of carbonyl (C=O) groups excluding carboxylic acids is 1. The lowest BCUT2D eigenvalue weighted by Gasteiger charge is -2.35. The number of halogens is 1. The number of carboxylic acid groups (broad SMARTS) is 1. The number of aromatic nitrogens is 1. The number of rotatable bonds is 9. The van der Waals surface area contributed by atoms with Crippen LogP contribution in [0.1, 0.15) is 28.1 Å². The second-order valence-corrected chi connectivity index (χ2v) is 10.5. The third kappa shape index (κ3) is 5.26. The number of likely N-dealkylation sites (tertiary alicyclic amines) is 1. The van der Waals surface area contributed by atoms with E-state index in [9.17, 15) is 19.1 Å². The van der Waals surface area contributed by atoms with Crippen molar-refractivity contribution in [1.82, 2.24) is 9.88 Å². The lowest BCUT2D eigenvalue weighted by atomic mass is 10.1. The second kappa shape index (κ2) is 10.3. The topological polar surface area (TPSA) is 73.4 Å². The van der Waals surface area contributed by atoms with Gasteiger partial charge in [-0.1, -0.05) is 6.07 Å². The first kappa shape index (κ1) is 24.4. The smallest absolute Gasteiger partial charge is 0.359 e. The molecule has 6 nitrogen and oxygen atoms in total. The zero-order chi connectivity index (χ0) is 25.1. The van der Waals surface area contributed by atoms with Gasteiger partial charge in [-0.2, -0.15) is 0 Å². The molecule has 1 atom stereocenters. The van der Waals surface area contributed by atoms with Crippen molar-refractivity contribution in [2.24, 2.45) is 0 Å². The molecule has 1 aliphatic heterocycles. The zero-order valence-electron chi connectivity index (χ0n) is 20.0. The highest BCUT2D eigenvalue weighted by atomic mass is 32.1. The van der Waals surface area contributed by atoms with Crippen LogP contribution >= 0.6 is 11.3 Å². The molecule has 0 spiro atoms. The van der Waals surface area contributed by atoms with Gasteiger partial charge in [0, 0.05) is 18.3 Å². The van der Waals surface area contributed by atoms with Crippen molar-refractivity contribution in [3.05, 3.63) is 82.4 Å². The van der Waals surface area contributed by atoms with Crippen molar-refractivity contribution in [2.75, 3.05) is 32.7 Å². The van der Waals surface area contributed by atoms with Gasteiger partial charge in [-0.3, -0.25) is 4.90 Å². The van der Waals surface area contributed by atoms with E-state index >= 15 is 0 Å². The number of quaternary nitrogens is 1. The SMILES string of the molecule is O=C(O)C[N+](CCN1CCCC1)(Cc1cc(-c2ccc3[nH]ccc3c2)cs1)C(=O)c1ccc(F)cc1. The summed E-state index contributed by atoms with van der Waals surface area (Å²) < 4.78 is 13.3. The number of aromatic amines is 1. The maximum atomic E-state index is 13.9. The highest BCUT2D eigenvalue weighted by Gasteiger charge is 2.41. The summed E-state index contributed by atoms with van der Waals surface area (Å²) in [7, 11) is 0. The molecule has 0 radical (unpaired) electrons. The molecule has 4 aromatic rings. The molecule has 0 aliphatic carbocycles. The number of thiophene rings is 1. The van der Waals surface area contributed by atoms with Crippen LogP contribution in [0.15, 0.2) is 66.2 Å². The summed E-state index contributed by atoms with van der Waals surface area (Å²) in [6.45, 7) is 2.89. The largest absolute Gasteiger partial charge is 0.477 e. The van der Waals surface area contributed by atoms with Gasteiger partial charge in [-0.25, -0.2) is 18.5 Å². The molecule has 8 heteroatoms. The Kier molecular flexibility index (Phi) is 7.00. The molecule has 2 aromatic heterocycles. The molecule has 1 fully saturated rings. The molecule has 186 valence electrons. The fourth-order valence-electron chi connectivity index (χ4n) is 5.07. The molecule has 0 saturated carbocycles. The number of amides is 1. The third-order valence-electron chi connectivity index (χ3n) is 7.00. The minimum atomic E-state index is -1.03. The number of carboxylic acids is 1. The highest BCUT2D eigenvalue weighted by molar-refractivity contribution is 7.10. The van der Waals surface area contributed by atoms with E-state index in [-0.39, 0.29) is 23.5 Å². The van der Waals surface area contributed by atoms with Crippen molar-refractivity contribution in [3.63, 3.8) is 0 Å². The molecular formula is C28H29FN3O3S+. The predicted octanol–water partition coefficient (Wildman–Crippen LogP) is 5.37. The van der Waals surface area contributed by atoms with Crippen LogP contribution in [0, 0.1) is 5.82 Å². The summed E-state index contributed by atoms with van der Waals surface area (Å²) in [6.07, 6.45) is 4.14. The van der Waals surface area contributed by atoms with Gasteiger partial charge in [0.1, 0.15) is 12.4 Å². The molecule has 0 bridgehead atoms. The van der Waals surface area contributed by atoms with Crippen LogP contribution in [0.3, 0.4) is 0 Å². The summed E-state index contributed by atoms with van der Waals surface area (Å²) in [5, 5.41) is 13.1. The number of H-pyrrole nitrogens is 1. The van der Waals surface area contributed by atoms with Gasteiger partial charge in [-0.05, 0) is 96.4 Å². The Balaban J connectivity index is 1.48. The first-order chi connectivity index (χ1) is 17.4. The Bertz CT molecular complexity index is 1370. The van der Waals surface area contributed by atoms with Crippen LogP contribution < -0.4 is 0 Å². The van der Waals surface area contributed by atoms with E-state index in [1.807, 2.05) is 18.3 Å². The Morgan fingerprint density at radius 1 is 1.03 bits per heavy atom. The average Bonchev–Trinajstić information content (AvgIpc) is 3.64. The Morgan fingerprint density at radius 2 is 1.81 bits per heavy atom. The van der Waals surface area contributed by atoms with Gasteiger partial charge in [-0.15, -0.1) is 11.3 Å². The molecule has 1 amide bonds. The zero-order valence-corrected chi connectivity index (χ0v) is 20.8. The van der Waals surface area contributed by atoms with E-state index in [2.05, 4.69) is 33.5 Å². The summed E-state index contributed by atoms with van der Waals surface area (Å²) in [5.74, 6) is -1.75. The molecule has 3 heterocycles. The molecule has 1 saturated heterocycles. The maximum absolute atomic E-state index is 13.9. The van der Waals surface area contributed by atoms with Crippen LogP contribution in [0.5, 0.6) is 0 Å². The van der Waals surface area contributed by atoms with E-state index in [4.69, 9.17) is 0 Å². The minimum Gasteiger partial charge on any atom is -0.477 e. The normalized spacial score (nSPS) is 15.8. The van der Waals surface area contributed by atoms with Gasteiger partial charge in [0.15, 0.2) is 6.54 Å². The number of carbonyl (C=O) groups is 2. The predicted molar refractivity (Wildman–Crippen MR) is 139 cm³/mol. The molecule has 1 aliphatic rings. The minimum absolute atomic E-state index is 0.242. The standard InChI is InChI=1S/C28H28FN3O3S/c29-24-6-3-20(4-7-24)28(35)32(18-27(33)34,14-13-31-11-1-2-12-31)17-25-16-23(19-36-25)21-5-8-26-22(15-21)9-10-30-26/h3-10,15-16,19,30H,1-2,11-14,17-18H2/p+1. The van der Waals surface area contributed by atoms with Crippen LogP contribution in [0.25, 0.3) is 22.0 Å². The first-order valence-electron chi connectivity index (χ1n) is 12.2. The Labute approximate surface area is 213 Å². The van der Waals surface area contributed by atoms with Gasteiger partial charge in [0.05, 0.1) is 17.0 Å². The van der Waals surface area contributed by atoms with E-state index < -0.39 is 11.8 Å². The summed E-state index contributed by atoms with van der Waals surface area (Å²) in [5.41, 5.74) is 3.51. The van der Waals surface area contributed by atoms with Gasteiger partial charge >= 0.3 is 11.9 Å². The lowest BCUT2D eigenvalue weighted by Crippen LogP contribution is -2.57. The molecule has 1 unspecified atom stereocenters. The molecule has 5 rings (SSSR count). The Hall–Kier alpha value is -3.33. The molecule has 36 heavy (non-hydrogen) atoms. The van der Waals surface area contributed by atoms with E-state index in [1.54, 1.807) is 0 Å². The fraction of sp³-hybridized carbons (Fsp3) is 0.286. The van der Waals surface area contributed by atoms with Gasteiger partial charge in [0.25, 0.3) is 0 Å². The quantitative estimate of drug-likeness (QED) is 0.299. The van der Waals surface area contributed by atoms with E-state index in [1.165, 1.54) is 35.6 Å². The van der Waals surface area contributed by atoms with Crippen molar-refractivity contribution >= 4 is 34.1 Å². The summed E-state index contributed by atoms with van der Waals surface area (Å²) in [6, 6.07) is 15.7. The van der Waals surface area contributed by atoms with Crippen LogP contribution in [-0.4, -0.2) is 64.1 Å². The Morgan fingerprint density at radius 3 is 2.56 bits per heavy atom. The first-order valence-corrected chi connectivity index (χ1v) is 13.1. The van der Waals surface area contributed by atoms with Crippen molar-refractivity contribution < 1.29 is 23.6 Å². The maximum Gasteiger partial charge on any atom is 0.359 e. The summed E-state index contributed by atoms with van der Waals surface area (Å²) in [4.78, 5) is 32.4. The number of benzene rings is 2. The van der Waals surface area contributed by atoms with Crippen molar-refractivity contribution in [1.29, 1.82) is 0 Å². The fourth-order valence-corrected chi connectivity index (χ4v) is 6.07. The van der Waals surface area contributed by atoms with E-state index in [0.29, 0.717) is 18.7 Å². The van der Waals surface area contributed by atoms with Crippen LogP contribution in [0.2, 0.25) is 0 Å².